The van der Waals surface area contributed by atoms with Crippen molar-refractivity contribution in [1.82, 2.24) is 0 Å². The molecule has 1 aliphatic rings. The summed E-state index contributed by atoms with van der Waals surface area (Å²) in [5.74, 6) is 1.15. The lowest BCUT2D eigenvalue weighted by atomic mass is 10.1. The summed E-state index contributed by atoms with van der Waals surface area (Å²) in [6, 6.07) is 9.18. The first kappa shape index (κ1) is 15.3. The fourth-order valence-corrected chi connectivity index (χ4v) is 2.77. The zero-order valence-corrected chi connectivity index (χ0v) is 13.6. The van der Waals surface area contributed by atoms with Gasteiger partial charge in [0, 0.05) is 0 Å². The molecule has 3 rings (SSSR count). The van der Waals surface area contributed by atoms with Crippen molar-refractivity contribution in [2.75, 3.05) is 13.7 Å². The molecule has 0 atom stereocenters. The van der Waals surface area contributed by atoms with E-state index in [-0.39, 0.29) is 5.70 Å². The number of thiophene rings is 1. The van der Waals surface area contributed by atoms with Crippen LogP contribution in [0.1, 0.15) is 17.4 Å². The first-order valence-electron chi connectivity index (χ1n) is 7.08. The van der Waals surface area contributed by atoms with Crippen LogP contribution in [0.15, 0.2) is 46.4 Å². The molecule has 23 heavy (non-hydrogen) atoms. The highest BCUT2D eigenvalue weighted by molar-refractivity contribution is 7.12. The van der Waals surface area contributed by atoms with E-state index in [9.17, 15) is 4.79 Å². The second-order valence-electron chi connectivity index (χ2n) is 4.66. The third-order valence-electron chi connectivity index (χ3n) is 3.14. The highest BCUT2D eigenvalue weighted by Crippen LogP contribution is 2.30. The van der Waals surface area contributed by atoms with Gasteiger partial charge in [0.1, 0.15) is 0 Å². The molecule has 0 saturated heterocycles. The first-order valence-corrected chi connectivity index (χ1v) is 7.96. The van der Waals surface area contributed by atoms with Gasteiger partial charge >= 0.3 is 5.97 Å². The number of methoxy groups -OCH3 is 1. The Balaban J connectivity index is 1.90. The summed E-state index contributed by atoms with van der Waals surface area (Å²) in [6.07, 6.45) is 1.67. The minimum atomic E-state index is -0.457. The molecule has 0 radical (unpaired) electrons. The number of nitrogens with zero attached hydrogens (tertiary/aromatic N) is 1. The molecule has 0 N–H and O–H groups in total. The molecule has 2 aromatic rings. The van der Waals surface area contributed by atoms with E-state index in [2.05, 4.69) is 4.99 Å². The smallest absolute Gasteiger partial charge is 0.363 e. The van der Waals surface area contributed by atoms with Crippen molar-refractivity contribution in [2.24, 2.45) is 4.99 Å². The number of hydrogen-bond donors (Lipinski definition) is 0. The molecule has 0 amide bonds. The Morgan fingerprint density at radius 1 is 1.30 bits per heavy atom. The van der Waals surface area contributed by atoms with Gasteiger partial charge in [-0.1, -0.05) is 12.1 Å². The van der Waals surface area contributed by atoms with Gasteiger partial charge in [-0.25, -0.2) is 9.79 Å². The van der Waals surface area contributed by atoms with Crippen LogP contribution >= 0.6 is 11.3 Å². The van der Waals surface area contributed by atoms with Gasteiger partial charge in [0.15, 0.2) is 17.2 Å². The Hall–Kier alpha value is -2.60. The molecule has 0 spiro atoms. The third-order valence-corrected chi connectivity index (χ3v) is 4.00. The van der Waals surface area contributed by atoms with Crippen LogP contribution in [0.3, 0.4) is 0 Å². The van der Waals surface area contributed by atoms with E-state index in [4.69, 9.17) is 14.2 Å². The molecule has 1 aliphatic heterocycles. The summed E-state index contributed by atoms with van der Waals surface area (Å²) in [7, 11) is 1.58. The average Bonchev–Trinajstić information content (AvgIpc) is 3.19. The lowest BCUT2D eigenvalue weighted by molar-refractivity contribution is -0.129. The van der Waals surface area contributed by atoms with Crippen LogP contribution in [0.25, 0.3) is 6.08 Å². The molecule has 2 heterocycles. The number of benzene rings is 1. The number of carbonyl (C=O) groups excluding carboxylic acids is 1. The molecular formula is C17H15NO4S. The first-order chi connectivity index (χ1) is 11.2. The monoisotopic (exact) mass is 329 g/mol. The number of aliphatic imine (C=N–C) groups is 1. The summed E-state index contributed by atoms with van der Waals surface area (Å²) >= 11 is 1.47. The van der Waals surface area contributed by atoms with Gasteiger partial charge in [-0.2, -0.15) is 0 Å². The van der Waals surface area contributed by atoms with Gasteiger partial charge in [-0.05, 0) is 42.1 Å². The van der Waals surface area contributed by atoms with E-state index < -0.39 is 5.97 Å². The van der Waals surface area contributed by atoms with E-state index in [1.807, 2.05) is 30.5 Å². The topological polar surface area (TPSA) is 57.1 Å². The maximum atomic E-state index is 12.0. The van der Waals surface area contributed by atoms with Crippen LogP contribution in [0.4, 0.5) is 0 Å². The van der Waals surface area contributed by atoms with Gasteiger partial charge in [-0.15, -0.1) is 11.3 Å². The van der Waals surface area contributed by atoms with E-state index in [1.165, 1.54) is 11.3 Å². The van der Waals surface area contributed by atoms with Crippen molar-refractivity contribution >= 4 is 29.3 Å². The Kier molecular flexibility index (Phi) is 4.43. The molecule has 5 nitrogen and oxygen atoms in total. The third kappa shape index (κ3) is 3.27. The Morgan fingerprint density at radius 3 is 2.87 bits per heavy atom. The SMILES string of the molecule is CCOc1ccc(/C=C2/N=C(c3cccs3)OC2=O)cc1OC. The van der Waals surface area contributed by atoms with Crippen molar-refractivity contribution in [3.05, 3.63) is 51.8 Å². The second-order valence-corrected chi connectivity index (χ2v) is 5.60. The van der Waals surface area contributed by atoms with Crippen molar-refractivity contribution in [3.8, 4) is 11.5 Å². The minimum absolute atomic E-state index is 0.264. The summed E-state index contributed by atoms with van der Waals surface area (Å²) < 4.78 is 16.0. The molecule has 0 bridgehead atoms. The number of carbonyl (C=O) groups is 1. The van der Waals surface area contributed by atoms with Gasteiger partial charge in [-0.3, -0.25) is 0 Å². The van der Waals surface area contributed by atoms with Crippen molar-refractivity contribution in [1.29, 1.82) is 0 Å². The number of esters is 1. The highest BCUT2D eigenvalue weighted by atomic mass is 32.1. The van der Waals surface area contributed by atoms with Crippen molar-refractivity contribution < 1.29 is 19.0 Å². The molecule has 118 valence electrons. The number of cyclic esters (lactones) is 1. The van der Waals surface area contributed by atoms with Crippen LogP contribution in [0.2, 0.25) is 0 Å². The van der Waals surface area contributed by atoms with E-state index >= 15 is 0 Å². The summed E-state index contributed by atoms with van der Waals surface area (Å²) in [6.45, 7) is 2.46. The Morgan fingerprint density at radius 2 is 2.17 bits per heavy atom. The van der Waals surface area contributed by atoms with Gasteiger partial charge < -0.3 is 14.2 Å². The standard InChI is InChI=1S/C17H15NO4S/c1-3-21-13-7-6-11(10-14(13)20-2)9-12-17(19)22-16(18-12)15-5-4-8-23-15/h4-10H,3H2,1-2H3/b12-9+. The predicted molar refractivity (Wildman–Crippen MR) is 89.1 cm³/mol. The second kappa shape index (κ2) is 6.66. The van der Waals surface area contributed by atoms with Crippen LogP contribution < -0.4 is 9.47 Å². The Labute approximate surface area is 137 Å². The summed E-state index contributed by atoms with van der Waals surface area (Å²) in [5.41, 5.74) is 1.05. The molecule has 0 saturated carbocycles. The highest BCUT2D eigenvalue weighted by Gasteiger charge is 2.24. The molecule has 1 aromatic carbocycles. The molecule has 1 aromatic heterocycles. The largest absolute Gasteiger partial charge is 0.493 e. The van der Waals surface area contributed by atoms with E-state index in [1.54, 1.807) is 25.3 Å². The van der Waals surface area contributed by atoms with Crippen LogP contribution in [-0.4, -0.2) is 25.6 Å². The number of rotatable bonds is 5. The fourth-order valence-electron chi connectivity index (χ4n) is 2.12. The van der Waals surface area contributed by atoms with Crippen LogP contribution in [0, 0.1) is 0 Å². The quantitative estimate of drug-likeness (QED) is 0.622. The maximum Gasteiger partial charge on any atom is 0.363 e. The molecule has 0 fully saturated rings. The summed E-state index contributed by atoms with van der Waals surface area (Å²) in [4.78, 5) is 17.0. The van der Waals surface area contributed by atoms with Gasteiger partial charge in [0.2, 0.25) is 5.90 Å². The lowest BCUT2D eigenvalue weighted by Gasteiger charge is -2.09. The van der Waals surface area contributed by atoms with Crippen LogP contribution in [0.5, 0.6) is 11.5 Å². The normalized spacial score (nSPS) is 15.5. The van der Waals surface area contributed by atoms with Gasteiger partial charge in [0.25, 0.3) is 0 Å². The number of ether oxygens (including phenoxy) is 3. The Bertz CT molecular complexity index is 778. The maximum absolute atomic E-state index is 12.0. The number of hydrogen-bond acceptors (Lipinski definition) is 6. The van der Waals surface area contributed by atoms with Crippen molar-refractivity contribution in [3.63, 3.8) is 0 Å². The molecule has 6 heteroatoms. The van der Waals surface area contributed by atoms with E-state index in [0.717, 1.165) is 10.4 Å². The molecular weight excluding hydrogens is 314 g/mol. The average molecular weight is 329 g/mol. The van der Waals surface area contributed by atoms with Crippen LogP contribution in [-0.2, 0) is 9.53 Å². The predicted octanol–water partition coefficient (Wildman–Crippen LogP) is 3.50. The van der Waals surface area contributed by atoms with E-state index in [0.29, 0.717) is 24.0 Å². The van der Waals surface area contributed by atoms with Gasteiger partial charge in [0.05, 0.1) is 18.6 Å². The minimum Gasteiger partial charge on any atom is -0.493 e. The zero-order valence-electron chi connectivity index (χ0n) is 12.7. The fraction of sp³-hybridized carbons (Fsp3) is 0.176. The zero-order chi connectivity index (χ0) is 16.2. The lowest BCUT2D eigenvalue weighted by Crippen LogP contribution is -2.03. The summed E-state index contributed by atoms with van der Waals surface area (Å²) in [5, 5.41) is 1.91. The molecule has 0 aliphatic carbocycles. The molecule has 0 unspecified atom stereocenters. The van der Waals surface area contributed by atoms with Crippen molar-refractivity contribution in [2.45, 2.75) is 6.92 Å².